The van der Waals surface area contributed by atoms with E-state index in [1.807, 2.05) is 0 Å². The quantitative estimate of drug-likeness (QED) is 0.234. The van der Waals surface area contributed by atoms with E-state index in [9.17, 15) is 11.0 Å². The van der Waals surface area contributed by atoms with Crippen LogP contribution >= 0.6 is 11.6 Å². The molecule has 0 bridgehead atoms. The molecule has 0 aliphatic heterocycles. The molecule has 1 fully saturated rings. The summed E-state index contributed by atoms with van der Waals surface area (Å²) in [5.41, 5.74) is 2.79. The molecule has 11 heteroatoms. The smallest absolute Gasteiger partial charge is 0.123 e. The number of hydrogen-bond acceptors (Lipinski definition) is 7. The van der Waals surface area contributed by atoms with Gasteiger partial charge in [-0.25, -0.2) is 14.1 Å². The fourth-order valence-electron chi connectivity index (χ4n) is 4.30. The number of aromatic nitrogens is 6. The molecule has 6 rings (SSSR count). The summed E-state index contributed by atoms with van der Waals surface area (Å²) in [6.07, 6.45) is 9.33. The van der Waals surface area contributed by atoms with Crippen molar-refractivity contribution in [1.82, 2.24) is 29.9 Å². The lowest BCUT2D eigenvalue weighted by atomic mass is 10.0. The molecule has 3 aromatic heterocycles. The lowest BCUT2D eigenvalue weighted by Gasteiger charge is -2.20. The van der Waals surface area contributed by atoms with Crippen molar-refractivity contribution in [2.24, 2.45) is 0 Å². The first kappa shape index (κ1) is 22.7. The van der Waals surface area contributed by atoms with Crippen LogP contribution < -0.4 is 10.6 Å². The Morgan fingerprint density at radius 1 is 1.26 bits per heavy atom. The number of nitrogens with zero attached hydrogens (tertiary/aromatic N) is 6. The van der Waals surface area contributed by atoms with Crippen LogP contribution in [0.5, 0.6) is 0 Å². The number of hydrogen-bond donors (Lipinski definition) is 3. The Balaban J connectivity index is 1.40. The summed E-state index contributed by atoms with van der Waals surface area (Å²) in [4.78, 5) is 11.7. The zero-order valence-corrected chi connectivity index (χ0v) is 20.9. The molecule has 1 aliphatic rings. The molecule has 1 atom stereocenters. The van der Waals surface area contributed by atoms with E-state index in [2.05, 4.69) is 42.0 Å². The minimum Gasteiger partial charge on any atom is -0.383 e. The van der Waals surface area contributed by atoms with Gasteiger partial charge in [0.25, 0.3) is 0 Å². The molecule has 3 heterocycles. The molecule has 0 radical (unpaired) electrons. The summed E-state index contributed by atoms with van der Waals surface area (Å²) in [6.45, 7) is 0.513. The lowest BCUT2D eigenvalue weighted by Crippen LogP contribution is -2.13. The van der Waals surface area contributed by atoms with Crippen LogP contribution in [0.15, 0.2) is 61.2 Å². The molecule has 1 aliphatic carbocycles. The van der Waals surface area contributed by atoms with E-state index in [1.54, 1.807) is 47.5 Å². The highest BCUT2D eigenvalue weighted by Crippen LogP contribution is 2.37. The SMILES string of the molecule is [2H]C(Nc1cc(Cl)c2ncc(C#N)c(NCCc3ncc[nH]3)c2c1)(c1ccc(F)cc1)c1cn(C2CC2)nn1. The first-order valence-electron chi connectivity index (χ1n) is 12.7. The Bertz CT molecular complexity index is 1680. The highest BCUT2D eigenvalue weighted by Gasteiger charge is 2.27. The molecule has 3 N–H and O–H groups in total. The van der Waals surface area contributed by atoms with Crippen molar-refractivity contribution in [2.75, 3.05) is 17.2 Å². The highest BCUT2D eigenvalue weighted by atomic mass is 35.5. The average Bonchev–Trinajstić information content (AvgIpc) is 3.41. The normalized spacial score (nSPS) is 15.0. The number of pyridine rings is 1. The van der Waals surface area contributed by atoms with Crippen molar-refractivity contribution in [3.63, 3.8) is 0 Å². The van der Waals surface area contributed by atoms with Gasteiger partial charge in [-0.2, -0.15) is 5.26 Å². The summed E-state index contributed by atoms with van der Waals surface area (Å²) in [5.74, 6) is 0.411. The van der Waals surface area contributed by atoms with Crippen LogP contribution in [0, 0.1) is 17.1 Å². The van der Waals surface area contributed by atoms with E-state index in [0.29, 0.717) is 57.1 Å². The Morgan fingerprint density at radius 3 is 2.84 bits per heavy atom. The molecule has 0 spiro atoms. The second-order valence-corrected chi connectivity index (χ2v) is 9.45. The summed E-state index contributed by atoms with van der Waals surface area (Å²) >= 11 is 6.67. The third-order valence-electron chi connectivity index (χ3n) is 6.35. The van der Waals surface area contributed by atoms with Crippen LogP contribution in [-0.2, 0) is 6.42 Å². The van der Waals surface area contributed by atoms with Crippen molar-refractivity contribution >= 4 is 33.9 Å². The predicted molar refractivity (Wildman–Crippen MR) is 142 cm³/mol. The third-order valence-corrected chi connectivity index (χ3v) is 6.64. The molecular weight excluding hydrogens is 505 g/mol. The summed E-state index contributed by atoms with van der Waals surface area (Å²) in [6, 6.07) is 10.0. The Labute approximate surface area is 224 Å². The molecule has 9 nitrogen and oxygen atoms in total. The minimum atomic E-state index is -1.61. The predicted octanol–water partition coefficient (Wildman–Crippen LogP) is 5.40. The number of nitrogens with one attached hydrogen (secondary N) is 3. The maximum absolute atomic E-state index is 13.8. The minimum absolute atomic E-state index is 0.282. The monoisotopic (exact) mass is 528 g/mol. The van der Waals surface area contributed by atoms with Crippen molar-refractivity contribution in [1.29, 1.82) is 5.26 Å². The number of aromatic amines is 1. The van der Waals surface area contributed by atoms with E-state index >= 15 is 0 Å². The number of H-pyrrole nitrogens is 1. The van der Waals surface area contributed by atoms with Crippen LogP contribution in [0.2, 0.25) is 5.02 Å². The van der Waals surface area contributed by atoms with Gasteiger partial charge in [0.15, 0.2) is 0 Å². The number of fused-ring (bicyclic) bond motifs is 1. The van der Waals surface area contributed by atoms with Crippen molar-refractivity contribution in [2.45, 2.75) is 31.3 Å². The van der Waals surface area contributed by atoms with Gasteiger partial charge >= 0.3 is 0 Å². The molecular formula is C27H23ClFN9. The summed E-state index contributed by atoms with van der Waals surface area (Å²) in [7, 11) is 0. The van der Waals surface area contributed by atoms with Gasteiger partial charge in [0.05, 0.1) is 41.4 Å². The summed E-state index contributed by atoms with van der Waals surface area (Å²) in [5, 5.41) is 25.9. The largest absolute Gasteiger partial charge is 0.383 e. The molecule has 38 heavy (non-hydrogen) atoms. The second-order valence-electron chi connectivity index (χ2n) is 9.05. The number of halogens is 2. The third kappa shape index (κ3) is 4.88. The van der Waals surface area contributed by atoms with Gasteiger partial charge in [0.2, 0.25) is 0 Å². The maximum atomic E-state index is 13.8. The number of anilines is 2. The Kier molecular flexibility index (Phi) is 6.03. The number of nitriles is 1. The van der Waals surface area contributed by atoms with Crippen LogP contribution in [0.3, 0.4) is 0 Å². The average molecular weight is 529 g/mol. The zero-order valence-electron chi connectivity index (χ0n) is 21.1. The number of benzene rings is 2. The van der Waals surface area contributed by atoms with Crippen LogP contribution in [0.25, 0.3) is 10.9 Å². The zero-order chi connectivity index (χ0) is 27.0. The van der Waals surface area contributed by atoms with Gasteiger partial charge in [-0.1, -0.05) is 28.9 Å². The second kappa shape index (κ2) is 10.1. The molecule has 190 valence electrons. The fraction of sp³-hybridized carbons (Fsp3) is 0.222. The molecule has 5 aromatic rings. The fourth-order valence-corrected chi connectivity index (χ4v) is 4.57. The van der Waals surface area contributed by atoms with E-state index in [-0.39, 0.29) is 6.04 Å². The van der Waals surface area contributed by atoms with E-state index < -0.39 is 11.8 Å². The number of imidazole rings is 1. The molecule has 0 saturated heterocycles. The van der Waals surface area contributed by atoms with Gasteiger partial charge in [0, 0.05) is 42.6 Å². The molecule has 1 saturated carbocycles. The Hall–Kier alpha value is -4.49. The van der Waals surface area contributed by atoms with Crippen LogP contribution in [0.4, 0.5) is 15.8 Å². The van der Waals surface area contributed by atoms with E-state index in [1.165, 1.54) is 18.3 Å². The topological polar surface area (TPSA) is 120 Å². The standard InChI is InChI=1S/C27H23ClFN9/c28-22-12-19(11-21-25(17(13-30)14-34-27(21)22)33-8-7-24-31-9-10-32-24)35-26(16-1-3-18(29)4-2-16)23-15-38(37-36-23)20-5-6-20/h1-4,9-12,14-15,20,26,35H,5-8H2,(H,31,32)(H,33,34)/i26D. The van der Waals surface area contributed by atoms with E-state index in [0.717, 1.165) is 18.7 Å². The Morgan fingerprint density at radius 2 is 2.11 bits per heavy atom. The van der Waals surface area contributed by atoms with Gasteiger partial charge in [-0.05, 0) is 42.7 Å². The highest BCUT2D eigenvalue weighted by molar-refractivity contribution is 6.35. The van der Waals surface area contributed by atoms with Crippen molar-refractivity contribution in [3.05, 3.63) is 94.7 Å². The van der Waals surface area contributed by atoms with Gasteiger partial charge in [0.1, 0.15) is 23.4 Å². The lowest BCUT2D eigenvalue weighted by molar-refractivity contribution is 0.610. The van der Waals surface area contributed by atoms with Crippen LogP contribution in [0.1, 0.15) is 48.9 Å². The summed E-state index contributed by atoms with van der Waals surface area (Å²) < 4.78 is 25.0. The van der Waals surface area contributed by atoms with Crippen LogP contribution in [-0.4, -0.2) is 36.5 Å². The van der Waals surface area contributed by atoms with E-state index in [4.69, 9.17) is 11.6 Å². The maximum Gasteiger partial charge on any atom is 0.123 e. The number of rotatable bonds is 9. The molecule has 2 aromatic carbocycles. The molecule has 0 amide bonds. The first-order valence-corrected chi connectivity index (χ1v) is 12.5. The van der Waals surface area contributed by atoms with Crippen molar-refractivity contribution in [3.8, 4) is 6.07 Å². The van der Waals surface area contributed by atoms with Crippen molar-refractivity contribution < 1.29 is 5.76 Å². The van der Waals surface area contributed by atoms with Gasteiger partial charge in [-0.15, -0.1) is 5.10 Å². The molecule has 1 unspecified atom stereocenters. The first-order chi connectivity index (χ1) is 18.9. The van der Waals surface area contributed by atoms with Gasteiger partial charge < -0.3 is 15.6 Å². The van der Waals surface area contributed by atoms with Gasteiger partial charge in [-0.3, -0.25) is 4.98 Å².